The molecule has 0 radical (unpaired) electrons. The van der Waals surface area contributed by atoms with Gasteiger partial charge in [-0.05, 0) is 23.8 Å². The fourth-order valence-electron chi connectivity index (χ4n) is 2.57. The third kappa shape index (κ3) is 5.48. The van der Waals surface area contributed by atoms with Crippen LogP contribution < -0.4 is 16.0 Å². The van der Waals surface area contributed by atoms with E-state index in [1.165, 1.54) is 30.1 Å². The lowest BCUT2D eigenvalue weighted by atomic mass is 10.1. The Balaban J connectivity index is 1.77. The minimum absolute atomic E-state index is 0.0383. The van der Waals surface area contributed by atoms with Crippen molar-refractivity contribution >= 4 is 39.3 Å². The Labute approximate surface area is 178 Å². The number of aliphatic hydroxyl groups excluding tert-OH is 1. The van der Waals surface area contributed by atoms with Gasteiger partial charge >= 0.3 is 0 Å². The molecule has 4 N–H and O–H groups in total. The molecule has 30 heavy (non-hydrogen) atoms. The van der Waals surface area contributed by atoms with Crippen molar-refractivity contribution in [3.05, 3.63) is 58.5 Å². The molecule has 0 spiro atoms. The highest BCUT2D eigenvalue weighted by molar-refractivity contribution is 9.10. The van der Waals surface area contributed by atoms with E-state index in [0.717, 1.165) is 6.20 Å². The molecule has 12 heteroatoms. The smallest absolute Gasteiger partial charge is 0.241 e. The highest BCUT2D eigenvalue weighted by atomic mass is 79.9. The molecule has 0 aliphatic heterocycles. The lowest BCUT2D eigenvalue weighted by Gasteiger charge is -2.18. The van der Waals surface area contributed by atoms with Crippen LogP contribution in [0.15, 0.2) is 41.3 Å². The van der Waals surface area contributed by atoms with E-state index in [1.807, 2.05) is 0 Å². The number of rotatable bonds is 8. The summed E-state index contributed by atoms with van der Waals surface area (Å²) in [4.78, 5) is 19.3. The van der Waals surface area contributed by atoms with Gasteiger partial charge in [-0.3, -0.25) is 9.48 Å². The molecule has 0 bridgehead atoms. The molecule has 1 aromatic carbocycles. The van der Waals surface area contributed by atoms with Crippen LogP contribution in [0.25, 0.3) is 0 Å². The van der Waals surface area contributed by atoms with E-state index in [2.05, 4.69) is 46.9 Å². The van der Waals surface area contributed by atoms with Crippen LogP contribution in [0.1, 0.15) is 11.6 Å². The van der Waals surface area contributed by atoms with Crippen LogP contribution in [0.2, 0.25) is 0 Å². The lowest BCUT2D eigenvalue weighted by molar-refractivity contribution is -0.121. The zero-order valence-electron chi connectivity index (χ0n) is 15.7. The van der Waals surface area contributed by atoms with Crippen molar-refractivity contribution in [3.63, 3.8) is 0 Å². The summed E-state index contributed by atoms with van der Waals surface area (Å²) in [5.74, 6) is -1.57. The summed E-state index contributed by atoms with van der Waals surface area (Å²) in [5.41, 5.74) is 0.900. The molecule has 0 aliphatic carbocycles. The highest BCUT2D eigenvalue weighted by Gasteiger charge is 2.16. The van der Waals surface area contributed by atoms with Gasteiger partial charge in [0.1, 0.15) is 12.4 Å². The van der Waals surface area contributed by atoms with Crippen molar-refractivity contribution in [2.75, 3.05) is 24.3 Å². The predicted molar refractivity (Wildman–Crippen MR) is 109 cm³/mol. The minimum Gasteiger partial charge on any atom is -0.394 e. The van der Waals surface area contributed by atoms with E-state index in [0.29, 0.717) is 15.7 Å². The second kappa shape index (κ2) is 9.59. The van der Waals surface area contributed by atoms with Crippen LogP contribution in [-0.4, -0.2) is 44.4 Å². The Kier molecular flexibility index (Phi) is 6.90. The molecule has 0 aliphatic rings. The number of nitrogens with one attached hydrogen (secondary N) is 3. The van der Waals surface area contributed by atoms with Crippen molar-refractivity contribution in [2.24, 2.45) is 0 Å². The molecule has 3 rings (SSSR count). The van der Waals surface area contributed by atoms with Crippen molar-refractivity contribution < 1.29 is 18.7 Å². The van der Waals surface area contributed by atoms with Gasteiger partial charge in [-0.15, -0.1) is 0 Å². The Morgan fingerprint density at radius 3 is 2.80 bits per heavy atom. The molecule has 2 heterocycles. The molecule has 0 saturated heterocycles. The number of hydrogen-bond donors (Lipinski definition) is 4. The fraction of sp³-hybridized carbons (Fsp3) is 0.222. The average molecular weight is 482 g/mol. The first-order valence-electron chi connectivity index (χ1n) is 8.74. The first-order valence-corrected chi connectivity index (χ1v) is 9.53. The van der Waals surface area contributed by atoms with Crippen LogP contribution in [0.4, 0.5) is 26.2 Å². The molecule has 1 atom stereocenters. The van der Waals surface area contributed by atoms with Crippen molar-refractivity contribution in [2.45, 2.75) is 12.6 Å². The van der Waals surface area contributed by atoms with Gasteiger partial charge in [0.05, 0.1) is 30.7 Å². The molecular formula is C18H18BrF2N7O2. The minimum atomic E-state index is -0.801. The van der Waals surface area contributed by atoms with Crippen molar-refractivity contribution in [1.82, 2.24) is 25.1 Å². The maximum absolute atomic E-state index is 14.2. The van der Waals surface area contributed by atoms with E-state index >= 15 is 0 Å². The van der Waals surface area contributed by atoms with Gasteiger partial charge < -0.3 is 21.1 Å². The van der Waals surface area contributed by atoms with Crippen molar-refractivity contribution in [3.8, 4) is 0 Å². The molecule has 0 fully saturated rings. The zero-order valence-corrected chi connectivity index (χ0v) is 17.3. The summed E-state index contributed by atoms with van der Waals surface area (Å²) >= 11 is 3.19. The normalized spacial score (nSPS) is 11.8. The van der Waals surface area contributed by atoms with Gasteiger partial charge in [0.15, 0.2) is 11.6 Å². The van der Waals surface area contributed by atoms with E-state index in [-0.39, 0.29) is 24.2 Å². The van der Waals surface area contributed by atoms with E-state index in [1.54, 1.807) is 12.3 Å². The number of halogens is 3. The molecule has 3 aromatic rings. The number of aromatic nitrogens is 4. The first kappa shape index (κ1) is 21.6. The van der Waals surface area contributed by atoms with Gasteiger partial charge in [0, 0.05) is 17.7 Å². The summed E-state index contributed by atoms with van der Waals surface area (Å²) in [6, 6.07) is 3.31. The summed E-state index contributed by atoms with van der Waals surface area (Å²) in [6.45, 7) is -0.384. The summed E-state index contributed by atoms with van der Waals surface area (Å²) < 4.78 is 29.8. The molecule has 0 saturated carbocycles. The second-order valence-corrected chi connectivity index (χ2v) is 7.11. The van der Waals surface area contributed by atoms with Crippen LogP contribution >= 0.6 is 15.9 Å². The number of benzene rings is 1. The number of nitrogens with zero attached hydrogens (tertiary/aromatic N) is 4. The van der Waals surface area contributed by atoms with Gasteiger partial charge in [-0.2, -0.15) is 10.1 Å². The summed E-state index contributed by atoms with van der Waals surface area (Å²) in [7, 11) is 1.52. The predicted octanol–water partition coefficient (Wildman–Crippen LogP) is 2.35. The quantitative estimate of drug-likeness (QED) is 0.390. The fourth-order valence-corrected chi connectivity index (χ4v) is 3.06. The lowest BCUT2D eigenvalue weighted by Crippen LogP contribution is -2.23. The third-order valence-electron chi connectivity index (χ3n) is 4.00. The number of aliphatic hydroxyl groups is 1. The molecule has 158 valence electrons. The summed E-state index contributed by atoms with van der Waals surface area (Å²) in [6.07, 6.45) is 3.99. The Hall–Kier alpha value is -3.12. The Bertz CT molecular complexity index is 1030. The molecule has 2 aromatic heterocycles. The number of anilines is 3. The maximum Gasteiger partial charge on any atom is 0.241 e. The highest BCUT2D eigenvalue weighted by Crippen LogP contribution is 2.25. The average Bonchev–Trinajstić information content (AvgIpc) is 3.14. The monoisotopic (exact) mass is 481 g/mol. The van der Waals surface area contributed by atoms with Gasteiger partial charge in [-0.1, -0.05) is 15.9 Å². The van der Waals surface area contributed by atoms with Gasteiger partial charge in [-0.25, -0.2) is 13.8 Å². The molecular weight excluding hydrogens is 464 g/mol. The van der Waals surface area contributed by atoms with Crippen LogP contribution in [-0.2, 0) is 11.3 Å². The molecule has 9 nitrogen and oxygen atoms in total. The zero-order chi connectivity index (χ0) is 21.7. The SMILES string of the molecule is CNC(=O)Cn1cc(Nc2ncc(F)c(NC(CO)c3cc(F)cc(Br)c3)n2)cn1. The van der Waals surface area contributed by atoms with Crippen LogP contribution in [0, 0.1) is 11.6 Å². The van der Waals surface area contributed by atoms with E-state index in [9.17, 15) is 18.7 Å². The maximum atomic E-state index is 14.2. The number of carbonyl (C=O) groups is 1. The number of amides is 1. The summed E-state index contributed by atoms with van der Waals surface area (Å²) in [5, 5.41) is 21.8. The number of carbonyl (C=O) groups excluding carboxylic acids is 1. The third-order valence-corrected chi connectivity index (χ3v) is 4.46. The van der Waals surface area contributed by atoms with Gasteiger partial charge in [0.25, 0.3) is 0 Å². The van der Waals surface area contributed by atoms with Crippen molar-refractivity contribution in [1.29, 1.82) is 0 Å². The first-order chi connectivity index (χ1) is 14.4. The van der Waals surface area contributed by atoms with Crippen LogP contribution in [0.5, 0.6) is 0 Å². The van der Waals surface area contributed by atoms with E-state index < -0.39 is 24.3 Å². The van der Waals surface area contributed by atoms with E-state index in [4.69, 9.17) is 0 Å². The number of hydrogen-bond acceptors (Lipinski definition) is 7. The Morgan fingerprint density at radius 2 is 2.10 bits per heavy atom. The Morgan fingerprint density at radius 1 is 1.30 bits per heavy atom. The molecule has 1 unspecified atom stereocenters. The van der Waals surface area contributed by atoms with Crippen LogP contribution in [0.3, 0.4) is 0 Å². The van der Waals surface area contributed by atoms with Gasteiger partial charge in [0.2, 0.25) is 11.9 Å². The standard InChI is InChI=1S/C18H18BrF2N7O2/c1-22-16(30)8-28-7-13(5-24-28)25-18-23-6-14(21)17(27-18)26-15(9-29)10-2-11(19)4-12(20)3-10/h2-7,15,29H,8-9H2,1H3,(H,22,30)(H2,23,25,26,27). The number of likely N-dealkylation sites (N-methyl/N-ethyl adjacent to an activating group) is 1. The topological polar surface area (TPSA) is 117 Å². The largest absolute Gasteiger partial charge is 0.394 e. The molecule has 1 amide bonds. The second-order valence-electron chi connectivity index (χ2n) is 6.20.